The van der Waals surface area contributed by atoms with Crippen molar-refractivity contribution in [3.8, 4) is 0 Å². The van der Waals surface area contributed by atoms with Gasteiger partial charge in [0.2, 0.25) is 0 Å². The third-order valence-corrected chi connectivity index (χ3v) is 8.15. The van der Waals surface area contributed by atoms with Crippen LogP contribution in [0.5, 0.6) is 0 Å². The molecule has 2 unspecified atom stereocenters. The second kappa shape index (κ2) is 13.2. The maximum Gasteiger partial charge on any atom is 0.274 e. The minimum Gasteiger partial charge on any atom is -0.375 e. The molecule has 2 aliphatic rings. The van der Waals surface area contributed by atoms with Gasteiger partial charge in [-0.3, -0.25) is 19.2 Å². The standard InChI is InChI=1S/C32H41N5O3/c1-3-18-35-19-17-29(33-35)32(39)34-22-26-12-7-8-15-30(26)36(31(38)24-40-2)20-16-27-13-9-14-28(23-34)37(27)21-25-10-5-4-6-11-25/h4-8,10-12,15,17,19,27-28H,3,9,13-14,16,18,20-24H2,1-2H3. The highest BCUT2D eigenvalue weighted by Crippen LogP contribution is 2.32. The van der Waals surface area contributed by atoms with Gasteiger partial charge in [-0.2, -0.15) is 5.10 Å². The summed E-state index contributed by atoms with van der Waals surface area (Å²) in [6, 6.07) is 20.9. The molecule has 1 aromatic heterocycles. The number of para-hydroxylation sites is 1. The Balaban J connectivity index is 1.54. The molecule has 212 valence electrons. The van der Waals surface area contributed by atoms with Gasteiger partial charge in [-0.15, -0.1) is 0 Å². The first-order valence-corrected chi connectivity index (χ1v) is 14.6. The number of fused-ring (bicyclic) bond motifs is 3. The number of aryl methyl sites for hydroxylation is 1. The van der Waals surface area contributed by atoms with E-state index < -0.39 is 0 Å². The van der Waals surface area contributed by atoms with E-state index in [0.29, 0.717) is 31.4 Å². The highest BCUT2D eigenvalue weighted by molar-refractivity contribution is 5.95. The van der Waals surface area contributed by atoms with Crippen LogP contribution in [0.1, 0.15) is 60.6 Å². The van der Waals surface area contributed by atoms with E-state index in [1.807, 2.05) is 57.1 Å². The van der Waals surface area contributed by atoms with Crippen molar-refractivity contribution in [2.45, 2.75) is 70.7 Å². The van der Waals surface area contributed by atoms with Gasteiger partial charge >= 0.3 is 0 Å². The molecule has 0 N–H and O–H groups in total. The Kier molecular flexibility index (Phi) is 9.29. The third-order valence-electron chi connectivity index (χ3n) is 8.15. The molecular formula is C32H41N5O3. The fourth-order valence-electron chi connectivity index (χ4n) is 6.22. The van der Waals surface area contributed by atoms with E-state index in [2.05, 4.69) is 41.2 Å². The Labute approximate surface area is 237 Å². The zero-order valence-corrected chi connectivity index (χ0v) is 23.7. The summed E-state index contributed by atoms with van der Waals surface area (Å²) in [7, 11) is 1.56. The summed E-state index contributed by atoms with van der Waals surface area (Å²) in [5, 5.41) is 4.61. The average molecular weight is 544 g/mol. The predicted octanol–water partition coefficient (Wildman–Crippen LogP) is 4.74. The van der Waals surface area contributed by atoms with Gasteiger partial charge in [-0.05, 0) is 48.9 Å². The maximum atomic E-state index is 14.1. The molecule has 8 heteroatoms. The molecule has 0 spiro atoms. The van der Waals surface area contributed by atoms with Gasteiger partial charge in [-0.25, -0.2) is 0 Å². The lowest BCUT2D eigenvalue weighted by Gasteiger charge is -2.44. The topological polar surface area (TPSA) is 70.9 Å². The van der Waals surface area contributed by atoms with Crippen LogP contribution in [-0.2, 0) is 29.2 Å². The van der Waals surface area contributed by atoms with Gasteiger partial charge < -0.3 is 14.5 Å². The number of methoxy groups -OCH3 is 1. The number of ether oxygens (including phenoxy) is 1. The summed E-state index contributed by atoms with van der Waals surface area (Å²) >= 11 is 0. The second-order valence-electron chi connectivity index (χ2n) is 10.9. The number of benzene rings is 2. The lowest BCUT2D eigenvalue weighted by Crippen LogP contribution is -2.52. The van der Waals surface area contributed by atoms with Crippen LogP contribution < -0.4 is 4.90 Å². The van der Waals surface area contributed by atoms with Gasteiger partial charge in [-0.1, -0.05) is 61.9 Å². The van der Waals surface area contributed by atoms with E-state index >= 15 is 0 Å². The van der Waals surface area contributed by atoms with E-state index in [4.69, 9.17) is 4.74 Å². The van der Waals surface area contributed by atoms with E-state index in [1.165, 1.54) is 5.56 Å². The summed E-state index contributed by atoms with van der Waals surface area (Å²) in [6.45, 7) is 5.36. The highest BCUT2D eigenvalue weighted by Gasteiger charge is 2.35. The first-order valence-electron chi connectivity index (χ1n) is 14.6. The number of anilines is 1. The molecule has 2 atom stereocenters. The van der Waals surface area contributed by atoms with Crippen LogP contribution in [0.25, 0.3) is 0 Å². The summed E-state index contributed by atoms with van der Waals surface area (Å²) in [5.41, 5.74) is 3.54. The fourth-order valence-corrected chi connectivity index (χ4v) is 6.22. The van der Waals surface area contributed by atoms with E-state index in [1.54, 1.807) is 7.11 Å². The van der Waals surface area contributed by atoms with Crippen LogP contribution in [-0.4, -0.2) is 70.3 Å². The van der Waals surface area contributed by atoms with Gasteiger partial charge in [0.15, 0.2) is 0 Å². The molecule has 0 saturated carbocycles. The van der Waals surface area contributed by atoms with Crippen molar-refractivity contribution in [2.75, 3.05) is 31.7 Å². The zero-order chi connectivity index (χ0) is 27.9. The van der Waals surface area contributed by atoms with Crippen LogP contribution in [0.4, 0.5) is 5.69 Å². The Morgan fingerprint density at radius 2 is 1.75 bits per heavy atom. The van der Waals surface area contributed by atoms with Crippen LogP contribution in [0.2, 0.25) is 0 Å². The first-order chi connectivity index (χ1) is 19.6. The lowest BCUT2D eigenvalue weighted by atomic mass is 9.92. The summed E-state index contributed by atoms with van der Waals surface area (Å²) in [6.07, 6.45) is 6.92. The molecule has 2 amide bonds. The van der Waals surface area contributed by atoms with Crippen molar-refractivity contribution in [1.82, 2.24) is 19.6 Å². The molecule has 5 rings (SSSR count). The molecule has 0 aliphatic carbocycles. The summed E-state index contributed by atoms with van der Waals surface area (Å²) in [4.78, 5) is 33.8. The normalized spacial score (nSPS) is 20.1. The Morgan fingerprint density at radius 3 is 2.55 bits per heavy atom. The first kappa shape index (κ1) is 28.1. The van der Waals surface area contributed by atoms with Crippen molar-refractivity contribution in [1.29, 1.82) is 0 Å². The van der Waals surface area contributed by atoms with Gasteiger partial charge in [0.25, 0.3) is 11.8 Å². The molecule has 3 aromatic rings. The quantitative estimate of drug-likeness (QED) is 0.431. The number of aromatic nitrogens is 2. The van der Waals surface area contributed by atoms with Crippen molar-refractivity contribution >= 4 is 17.5 Å². The summed E-state index contributed by atoms with van der Waals surface area (Å²) < 4.78 is 7.11. The van der Waals surface area contributed by atoms with Gasteiger partial charge in [0.1, 0.15) is 12.3 Å². The molecule has 2 aromatic carbocycles. The zero-order valence-electron chi connectivity index (χ0n) is 23.7. The van der Waals surface area contributed by atoms with Crippen LogP contribution in [0.3, 0.4) is 0 Å². The average Bonchev–Trinajstić information content (AvgIpc) is 3.43. The van der Waals surface area contributed by atoms with Gasteiger partial charge in [0.05, 0.1) is 0 Å². The van der Waals surface area contributed by atoms with Crippen LogP contribution >= 0.6 is 0 Å². The van der Waals surface area contributed by atoms with E-state index in [0.717, 1.165) is 56.4 Å². The highest BCUT2D eigenvalue weighted by atomic mass is 16.5. The molecule has 1 saturated heterocycles. The SMILES string of the molecule is CCCn1ccc(C(=O)N2Cc3ccccc3N(C(=O)COC)CCC3CCCC(C2)N3Cc2ccccc2)n1. The van der Waals surface area contributed by atoms with Gasteiger partial charge in [0, 0.05) is 63.8 Å². The second-order valence-corrected chi connectivity index (χ2v) is 10.9. The molecule has 2 bridgehead atoms. The van der Waals surface area contributed by atoms with E-state index in [-0.39, 0.29) is 24.5 Å². The van der Waals surface area contributed by atoms with Crippen molar-refractivity contribution in [3.63, 3.8) is 0 Å². The molecule has 2 aliphatic heterocycles. The number of nitrogens with zero attached hydrogens (tertiary/aromatic N) is 5. The Bertz CT molecular complexity index is 1280. The molecule has 0 radical (unpaired) electrons. The molecule has 3 heterocycles. The number of carbonyl (C=O) groups is 2. The number of hydrogen-bond donors (Lipinski definition) is 0. The third kappa shape index (κ3) is 6.45. The van der Waals surface area contributed by atoms with Crippen LogP contribution in [0.15, 0.2) is 66.9 Å². The number of carbonyl (C=O) groups excluding carboxylic acids is 2. The summed E-state index contributed by atoms with van der Waals surface area (Å²) in [5.74, 6) is -0.132. The number of rotatable bonds is 7. The largest absolute Gasteiger partial charge is 0.375 e. The number of amides is 2. The molecule has 1 fully saturated rings. The van der Waals surface area contributed by atoms with E-state index in [9.17, 15) is 9.59 Å². The number of piperidine rings is 1. The van der Waals surface area contributed by atoms with Crippen molar-refractivity contribution in [3.05, 3.63) is 83.7 Å². The fraction of sp³-hybridized carbons (Fsp3) is 0.469. The Hall–Kier alpha value is -3.49. The molecule has 40 heavy (non-hydrogen) atoms. The predicted molar refractivity (Wildman–Crippen MR) is 156 cm³/mol. The van der Waals surface area contributed by atoms with Crippen molar-refractivity contribution in [2.24, 2.45) is 0 Å². The molecule has 8 nitrogen and oxygen atoms in total. The van der Waals surface area contributed by atoms with Crippen molar-refractivity contribution < 1.29 is 14.3 Å². The maximum absolute atomic E-state index is 14.1. The monoisotopic (exact) mass is 543 g/mol. The molecular weight excluding hydrogens is 502 g/mol. The lowest BCUT2D eigenvalue weighted by molar-refractivity contribution is -0.122. The Morgan fingerprint density at radius 1 is 0.975 bits per heavy atom. The van der Waals surface area contributed by atoms with Crippen LogP contribution in [0, 0.1) is 0 Å². The number of hydrogen-bond acceptors (Lipinski definition) is 5. The smallest absolute Gasteiger partial charge is 0.274 e. The minimum atomic E-state index is -0.0690. The minimum absolute atomic E-state index is 0.0207.